The summed E-state index contributed by atoms with van der Waals surface area (Å²) >= 11 is 6.32. The molecular formula is C20H21ClN6O2. The van der Waals surface area contributed by atoms with Gasteiger partial charge in [-0.05, 0) is 24.3 Å². The van der Waals surface area contributed by atoms with Gasteiger partial charge in [-0.1, -0.05) is 11.6 Å². The van der Waals surface area contributed by atoms with E-state index in [1.165, 1.54) is 6.08 Å². The quantitative estimate of drug-likeness (QED) is 0.480. The summed E-state index contributed by atoms with van der Waals surface area (Å²) in [7, 11) is 0. The summed E-state index contributed by atoms with van der Waals surface area (Å²) in [5.74, 6) is -0.201. The molecule has 1 fully saturated rings. The molecule has 0 saturated carbocycles. The normalized spacial score (nSPS) is 18.2. The number of benzene rings is 1. The molecule has 0 radical (unpaired) electrons. The highest BCUT2D eigenvalue weighted by Gasteiger charge is 2.30. The van der Waals surface area contributed by atoms with Crippen molar-refractivity contribution in [1.82, 2.24) is 14.9 Å². The third-order valence-electron chi connectivity index (χ3n) is 4.96. The van der Waals surface area contributed by atoms with Crippen LogP contribution in [0, 0.1) is 5.41 Å². The topological polar surface area (TPSA) is 120 Å². The summed E-state index contributed by atoms with van der Waals surface area (Å²) in [5, 5.41) is 12.6. The lowest BCUT2D eigenvalue weighted by Crippen LogP contribution is -2.52. The number of carbonyl (C=O) groups excluding carboxylic acids is 1. The third-order valence-corrected chi connectivity index (χ3v) is 5.18. The monoisotopic (exact) mass is 412 g/mol. The van der Waals surface area contributed by atoms with Crippen molar-refractivity contribution in [3.8, 4) is 0 Å². The molecule has 9 heteroatoms. The molecule has 1 saturated heterocycles. The van der Waals surface area contributed by atoms with Crippen molar-refractivity contribution in [2.24, 2.45) is 5.73 Å². The molecule has 1 amide bonds. The second-order valence-electron chi connectivity index (χ2n) is 6.88. The molecule has 3 aromatic rings. The summed E-state index contributed by atoms with van der Waals surface area (Å²) in [6.45, 7) is 1.76. The number of H-pyrrole nitrogens is 1. The number of aromatic nitrogens is 2. The standard InChI is InChI=1S/C20H21ClN6O2/c21-12-7-15-14-2-4-24-9-17(14)25-19(15)16(8-12)26-20(28)18-11-29-6-5-27(18)10-13(23)1-3-22/h1-4,7-9,18,22,25H,5-6,10-11,23H2,(H,26,28). The number of rotatable bonds is 5. The number of pyridine rings is 1. The van der Waals surface area contributed by atoms with E-state index >= 15 is 0 Å². The highest BCUT2D eigenvalue weighted by molar-refractivity contribution is 6.33. The molecule has 0 spiro atoms. The van der Waals surface area contributed by atoms with E-state index in [4.69, 9.17) is 27.5 Å². The first-order valence-electron chi connectivity index (χ1n) is 9.19. The molecule has 1 aliphatic rings. The number of morpholine rings is 1. The first-order chi connectivity index (χ1) is 14.1. The third kappa shape index (κ3) is 3.95. The molecule has 1 unspecified atom stereocenters. The van der Waals surface area contributed by atoms with Gasteiger partial charge in [-0.2, -0.15) is 0 Å². The SMILES string of the molecule is N=CC=C(N)CN1CCOCC1C(=O)Nc1cc(Cl)cc2c1[nH]c1cnccc12. The van der Waals surface area contributed by atoms with Gasteiger partial charge in [-0.25, -0.2) is 0 Å². The van der Waals surface area contributed by atoms with E-state index in [-0.39, 0.29) is 12.5 Å². The van der Waals surface area contributed by atoms with Crippen LogP contribution >= 0.6 is 11.6 Å². The number of allylic oxidation sites excluding steroid dienone is 1. The van der Waals surface area contributed by atoms with Crippen LogP contribution in [0.4, 0.5) is 5.69 Å². The van der Waals surface area contributed by atoms with Crippen LogP contribution < -0.4 is 11.1 Å². The smallest absolute Gasteiger partial charge is 0.244 e. The van der Waals surface area contributed by atoms with Crippen LogP contribution in [-0.2, 0) is 9.53 Å². The number of anilines is 1. The minimum Gasteiger partial charge on any atom is -0.401 e. The Morgan fingerprint density at radius 3 is 3.17 bits per heavy atom. The second-order valence-corrected chi connectivity index (χ2v) is 7.32. The van der Waals surface area contributed by atoms with Gasteiger partial charge in [0.25, 0.3) is 0 Å². The second kappa shape index (κ2) is 8.20. The van der Waals surface area contributed by atoms with E-state index in [1.807, 2.05) is 17.0 Å². The maximum atomic E-state index is 13.1. The van der Waals surface area contributed by atoms with Gasteiger partial charge in [-0.15, -0.1) is 0 Å². The Morgan fingerprint density at radius 2 is 2.34 bits per heavy atom. The van der Waals surface area contributed by atoms with Crippen LogP contribution in [0.2, 0.25) is 5.02 Å². The molecule has 150 valence electrons. The number of hydrogen-bond acceptors (Lipinski definition) is 6. The zero-order valence-corrected chi connectivity index (χ0v) is 16.4. The average Bonchev–Trinajstić information content (AvgIpc) is 3.07. The van der Waals surface area contributed by atoms with Crippen LogP contribution in [0.3, 0.4) is 0 Å². The molecule has 0 aliphatic carbocycles. The molecule has 1 atom stereocenters. The highest BCUT2D eigenvalue weighted by Crippen LogP contribution is 2.33. The van der Waals surface area contributed by atoms with Crippen molar-refractivity contribution in [3.05, 3.63) is 47.4 Å². The molecule has 1 aromatic carbocycles. The number of nitrogens with zero attached hydrogens (tertiary/aromatic N) is 2. The molecule has 2 aromatic heterocycles. The predicted octanol–water partition coefficient (Wildman–Crippen LogP) is 2.50. The predicted molar refractivity (Wildman–Crippen MR) is 114 cm³/mol. The molecule has 8 nitrogen and oxygen atoms in total. The van der Waals surface area contributed by atoms with Crippen molar-refractivity contribution in [3.63, 3.8) is 0 Å². The van der Waals surface area contributed by atoms with Gasteiger partial charge in [0, 0.05) is 47.0 Å². The fraction of sp³-hybridized carbons (Fsp3) is 0.250. The molecule has 5 N–H and O–H groups in total. The highest BCUT2D eigenvalue weighted by atomic mass is 35.5. The van der Waals surface area contributed by atoms with Crippen LogP contribution in [0.15, 0.2) is 42.4 Å². The van der Waals surface area contributed by atoms with Crippen LogP contribution in [-0.4, -0.2) is 59.3 Å². The van der Waals surface area contributed by atoms with E-state index in [9.17, 15) is 4.79 Å². The zero-order chi connectivity index (χ0) is 20.4. The fourth-order valence-electron chi connectivity index (χ4n) is 3.60. The molecule has 4 rings (SSSR count). The number of aromatic amines is 1. The van der Waals surface area contributed by atoms with Gasteiger partial charge < -0.3 is 26.2 Å². The van der Waals surface area contributed by atoms with Gasteiger partial charge in [0.2, 0.25) is 5.91 Å². The molecule has 3 heterocycles. The Bertz CT molecular complexity index is 1110. The van der Waals surface area contributed by atoms with Gasteiger partial charge >= 0.3 is 0 Å². The Morgan fingerprint density at radius 1 is 1.48 bits per heavy atom. The number of hydrogen-bond donors (Lipinski definition) is 4. The lowest BCUT2D eigenvalue weighted by atomic mass is 10.1. The molecule has 29 heavy (non-hydrogen) atoms. The molecular weight excluding hydrogens is 392 g/mol. The zero-order valence-electron chi connectivity index (χ0n) is 15.6. The van der Waals surface area contributed by atoms with E-state index < -0.39 is 6.04 Å². The summed E-state index contributed by atoms with van der Waals surface area (Å²) in [5.41, 5.74) is 8.71. The number of amides is 1. The number of halogens is 1. The fourth-order valence-corrected chi connectivity index (χ4v) is 3.81. The number of fused-ring (bicyclic) bond motifs is 3. The summed E-state index contributed by atoms with van der Waals surface area (Å²) in [6.07, 6.45) is 6.12. The number of ether oxygens (including phenoxy) is 1. The van der Waals surface area contributed by atoms with Gasteiger partial charge in [-0.3, -0.25) is 14.7 Å². The van der Waals surface area contributed by atoms with Crippen LogP contribution in [0.5, 0.6) is 0 Å². The lowest BCUT2D eigenvalue weighted by Gasteiger charge is -2.34. The van der Waals surface area contributed by atoms with Gasteiger partial charge in [0.1, 0.15) is 6.04 Å². The minimum atomic E-state index is -0.499. The Balaban J connectivity index is 1.64. The van der Waals surface area contributed by atoms with Crippen molar-refractivity contribution in [1.29, 1.82) is 5.41 Å². The summed E-state index contributed by atoms with van der Waals surface area (Å²) < 4.78 is 5.52. The maximum Gasteiger partial charge on any atom is 0.244 e. The minimum absolute atomic E-state index is 0.201. The van der Waals surface area contributed by atoms with E-state index in [0.29, 0.717) is 36.1 Å². The summed E-state index contributed by atoms with van der Waals surface area (Å²) in [4.78, 5) is 22.5. The average molecular weight is 413 g/mol. The Kier molecular flexibility index (Phi) is 5.48. The van der Waals surface area contributed by atoms with E-state index in [2.05, 4.69) is 15.3 Å². The first-order valence-corrected chi connectivity index (χ1v) is 9.57. The van der Waals surface area contributed by atoms with E-state index in [0.717, 1.165) is 28.0 Å². The molecule has 0 bridgehead atoms. The van der Waals surface area contributed by atoms with Gasteiger partial charge in [0.15, 0.2) is 0 Å². The number of nitrogens with one attached hydrogen (secondary N) is 3. The first kappa shape index (κ1) is 19.4. The summed E-state index contributed by atoms with van der Waals surface area (Å²) in [6, 6.07) is 5.00. The van der Waals surface area contributed by atoms with Crippen molar-refractivity contribution in [2.75, 3.05) is 31.6 Å². The van der Waals surface area contributed by atoms with Crippen molar-refractivity contribution >= 4 is 51.2 Å². The Hall–Kier alpha value is -2.94. The maximum absolute atomic E-state index is 13.1. The van der Waals surface area contributed by atoms with Crippen LogP contribution in [0.1, 0.15) is 0 Å². The number of nitrogens with two attached hydrogens (primary N) is 1. The van der Waals surface area contributed by atoms with Crippen LogP contribution in [0.25, 0.3) is 21.8 Å². The van der Waals surface area contributed by atoms with Crippen molar-refractivity contribution in [2.45, 2.75) is 6.04 Å². The molecule has 1 aliphatic heterocycles. The lowest BCUT2D eigenvalue weighted by molar-refractivity contribution is -0.126. The largest absolute Gasteiger partial charge is 0.401 e. The Labute approximate surface area is 172 Å². The van der Waals surface area contributed by atoms with Gasteiger partial charge in [0.05, 0.1) is 36.1 Å². The number of carbonyl (C=O) groups is 1. The van der Waals surface area contributed by atoms with Crippen molar-refractivity contribution < 1.29 is 9.53 Å². The van der Waals surface area contributed by atoms with E-state index in [1.54, 1.807) is 18.5 Å².